The van der Waals surface area contributed by atoms with E-state index in [1.54, 1.807) is 0 Å². The van der Waals surface area contributed by atoms with Gasteiger partial charge in [0.05, 0.1) is 0 Å². The van der Waals surface area contributed by atoms with Crippen LogP contribution in [0.4, 0.5) is 13.2 Å². The topological polar surface area (TPSA) is 46.5 Å². The summed E-state index contributed by atoms with van der Waals surface area (Å²) >= 11 is 0. The second kappa shape index (κ2) is 3.99. The molecule has 0 aliphatic heterocycles. The van der Waals surface area contributed by atoms with Gasteiger partial charge >= 0.3 is 12.6 Å². The van der Waals surface area contributed by atoms with Gasteiger partial charge in [-0.2, -0.15) is 8.78 Å². The van der Waals surface area contributed by atoms with E-state index < -0.39 is 29.7 Å². The van der Waals surface area contributed by atoms with Gasteiger partial charge in [0, 0.05) is 6.07 Å². The lowest BCUT2D eigenvalue weighted by atomic mass is 10.2. The predicted molar refractivity (Wildman–Crippen MR) is 40.0 cm³/mol. The zero-order valence-electron chi connectivity index (χ0n) is 6.71. The Balaban J connectivity index is 3.09. The van der Waals surface area contributed by atoms with Crippen molar-refractivity contribution in [1.82, 2.24) is 0 Å². The van der Waals surface area contributed by atoms with Crippen molar-refractivity contribution < 1.29 is 27.8 Å². The first-order chi connectivity index (χ1) is 6.50. The van der Waals surface area contributed by atoms with Crippen LogP contribution in [0.25, 0.3) is 0 Å². The largest absolute Gasteiger partial charge is 0.478 e. The van der Waals surface area contributed by atoms with Gasteiger partial charge in [-0.25, -0.2) is 9.18 Å². The third-order valence-corrected chi connectivity index (χ3v) is 1.39. The number of aromatic carboxylic acids is 1. The molecule has 0 saturated carbocycles. The van der Waals surface area contributed by atoms with Crippen molar-refractivity contribution in [3.8, 4) is 5.75 Å². The molecule has 0 unspecified atom stereocenters. The van der Waals surface area contributed by atoms with E-state index in [1.807, 2.05) is 0 Å². The summed E-state index contributed by atoms with van der Waals surface area (Å²) in [4.78, 5) is 10.5. The molecule has 0 spiro atoms. The molecular formula is C8H5F3O3. The Kier molecular flexibility index (Phi) is 2.95. The Morgan fingerprint density at radius 3 is 2.57 bits per heavy atom. The number of alkyl halides is 2. The van der Waals surface area contributed by atoms with Crippen molar-refractivity contribution in [3.63, 3.8) is 0 Å². The lowest BCUT2D eigenvalue weighted by Crippen LogP contribution is -2.07. The lowest BCUT2D eigenvalue weighted by molar-refractivity contribution is -0.0504. The van der Waals surface area contributed by atoms with Crippen LogP contribution in [0.1, 0.15) is 10.4 Å². The minimum atomic E-state index is -3.19. The number of halogens is 3. The Morgan fingerprint density at radius 1 is 1.43 bits per heavy atom. The number of hydrogen-bond acceptors (Lipinski definition) is 2. The molecule has 1 aromatic rings. The molecule has 14 heavy (non-hydrogen) atoms. The molecule has 0 saturated heterocycles. The predicted octanol–water partition coefficient (Wildman–Crippen LogP) is 2.13. The molecule has 0 aliphatic carbocycles. The van der Waals surface area contributed by atoms with Crippen molar-refractivity contribution in [2.24, 2.45) is 0 Å². The van der Waals surface area contributed by atoms with Gasteiger partial charge in [0.1, 0.15) is 17.1 Å². The number of rotatable bonds is 3. The molecule has 0 atom stereocenters. The second-order valence-electron chi connectivity index (χ2n) is 2.32. The highest BCUT2D eigenvalue weighted by molar-refractivity contribution is 5.90. The lowest BCUT2D eigenvalue weighted by Gasteiger charge is -2.07. The smallest absolute Gasteiger partial charge is 0.387 e. The molecule has 0 bridgehead atoms. The highest BCUT2D eigenvalue weighted by atomic mass is 19.3. The summed E-state index contributed by atoms with van der Waals surface area (Å²) in [6.45, 7) is -3.19. The first kappa shape index (κ1) is 10.4. The van der Waals surface area contributed by atoms with Crippen LogP contribution in [-0.2, 0) is 0 Å². The zero-order chi connectivity index (χ0) is 10.7. The third-order valence-electron chi connectivity index (χ3n) is 1.39. The molecule has 6 heteroatoms. The summed E-state index contributed by atoms with van der Waals surface area (Å²) in [6, 6.07) is 2.30. The fraction of sp³-hybridized carbons (Fsp3) is 0.125. The molecule has 0 heterocycles. The van der Waals surface area contributed by atoms with E-state index in [0.29, 0.717) is 6.07 Å². The van der Waals surface area contributed by atoms with E-state index in [1.165, 1.54) is 0 Å². The Hall–Kier alpha value is -1.72. The highest BCUT2D eigenvalue weighted by Gasteiger charge is 2.15. The van der Waals surface area contributed by atoms with E-state index in [0.717, 1.165) is 12.1 Å². The van der Waals surface area contributed by atoms with Crippen LogP contribution in [0.15, 0.2) is 18.2 Å². The van der Waals surface area contributed by atoms with Crippen LogP contribution >= 0.6 is 0 Å². The number of benzene rings is 1. The number of carbonyl (C=O) groups is 1. The maximum atomic E-state index is 12.5. The molecule has 0 aromatic heterocycles. The molecule has 0 radical (unpaired) electrons. The summed E-state index contributed by atoms with van der Waals surface area (Å²) in [7, 11) is 0. The van der Waals surface area contributed by atoms with Gasteiger partial charge in [0.25, 0.3) is 0 Å². The molecule has 76 valence electrons. The van der Waals surface area contributed by atoms with Gasteiger partial charge in [0.2, 0.25) is 0 Å². The average Bonchev–Trinajstić information content (AvgIpc) is 2.01. The minimum absolute atomic E-state index is 0.508. The van der Waals surface area contributed by atoms with Crippen molar-refractivity contribution in [2.75, 3.05) is 0 Å². The molecule has 1 aromatic carbocycles. The number of carboxylic acid groups (broad SMARTS) is 1. The van der Waals surface area contributed by atoms with Gasteiger partial charge in [-0.1, -0.05) is 0 Å². The number of ether oxygens (including phenoxy) is 1. The van der Waals surface area contributed by atoms with E-state index in [9.17, 15) is 18.0 Å². The average molecular weight is 206 g/mol. The van der Waals surface area contributed by atoms with Crippen LogP contribution in [0.2, 0.25) is 0 Å². The first-order valence-corrected chi connectivity index (χ1v) is 3.48. The number of carboxylic acids is 1. The molecule has 0 aliphatic rings. The zero-order valence-corrected chi connectivity index (χ0v) is 6.71. The fourth-order valence-corrected chi connectivity index (χ4v) is 0.866. The third kappa shape index (κ3) is 2.38. The highest BCUT2D eigenvalue weighted by Crippen LogP contribution is 2.21. The van der Waals surface area contributed by atoms with Crippen molar-refractivity contribution in [3.05, 3.63) is 29.6 Å². The normalized spacial score (nSPS) is 10.3. The van der Waals surface area contributed by atoms with Crippen molar-refractivity contribution in [2.45, 2.75) is 6.61 Å². The maximum absolute atomic E-state index is 12.5. The Morgan fingerprint density at radius 2 is 2.07 bits per heavy atom. The van der Waals surface area contributed by atoms with Gasteiger partial charge in [-0.15, -0.1) is 0 Å². The van der Waals surface area contributed by atoms with Crippen LogP contribution in [-0.4, -0.2) is 17.7 Å². The molecular weight excluding hydrogens is 201 g/mol. The fourth-order valence-electron chi connectivity index (χ4n) is 0.866. The second-order valence-corrected chi connectivity index (χ2v) is 2.32. The minimum Gasteiger partial charge on any atom is -0.478 e. The van der Waals surface area contributed by atoms with Gasteiger partial charge in [-0.05, 0) is 12.1 Å². The first-order valence-electron chi connectivity index (χ1n) is 3.48. The molecule has 0 amide bonds. The summed E-state index contributed by atoms with van der Waals surface area (Å²) in [5.41, 5.74) is -0.508. The monoisotopic (exact) mass is 206 g/mol. The molecule has 0 fully saturated rings. The van der Waals surface area contributed by atoms with Crippen LogP contribution in [0.3, 0.4) is 0 Å². The van der Waals surface area contributed by atoms with E-state index in [4.69, 9.17) is 5.11 Å². The Labute approximate surface area is 76.7 Å². The maximum Gasteiger partial charge on any atom is 0.387 e. The Bertz CT molecular complexity index is 352. The van der Waals surface area contributed by atoms with Crippen LogP contribution < -0.4 is 4.74 Å². The standard InChI is InChI=1S/C8H5F3O3/c9-4-1-2-5(7(12)13)6(3-4)14-8(10)11/h1-3,8H,(H,12,13). The summed E-state index contributed by atoms with van der Waals surface area (Å²) in [6.07, 6.45) is 0. The van der Waals surface area contributed by atoms with Gasteiger partial charge in [0.15, 0.2) is 0 Å². The van der Waals surface area contributed by atoms with Crippen LogP contribution in [0.5, 0.6) is 5.75 Å². The molecule has 1 N–H and O–H groups in total. The summed E-state index contributed by atoms with van der Waals surface area (Å²) in [5, 5.41) is 8.52. The van der Waals surface area contributed by atoms with E-state index >= 15 is 0 Å². The molecule has 3 nitrogen and oxygen atoms in total. The SMILES string of the molecule is O=C(O)c1ccc(F)cc1OC(F)F. The van der Waals surface area contributed by atoms with Gasteiger partial charge in [-0.3, -0.25) is 0 Å². The quantitative estimate of drug-likeness (QED) is 0.823. The van der Waals surface area contributed by atoms with Crippen molar-refractivity contribution >= 4 is 5.97 Å². The summed E-state index contributed by atoms with van der Waals surface area (Å²) < 4.78 is 39.9. The molecule has 1 rings (SSSR count). The van der Waals surface area contributed by atoms with E-state index in [-0.39, 0.29) is 0 Å². The van der Waals surface area contributed by atoms with Crippen LogP contribution in [0, 0.1) is 5.82 Å². The van der Waals surface area contributed by atoms with Gasteiger partial charge < -0.3 is 9.84 Å². The number of hydrogen-bond donors (Lipinski definition) is 1. The van der Waals surface area contributed by atoms with E-state index in [2.05, 4.69) is 4.74 Å². The van der Waals surface area contributed by atoms with Crippen molar-refractivity contribution in [1.29, 1.82) is 0 Å². The summed E-state index contributed by atoms with van der Waals surface area (Å²) in [5.74, 6) is -2.99.